The molecule has 2 aromatic rings. The SMILES string of the molecule is CCNCC(=O)c1[nH]ncc1NC(=O)c1c(F)cccc1F. The molecule has 1 aromatic heterocycles. The van der Waals surface area contributed by atoms with Gasteiger partial charge in [0.05, 0.1) is 18.4 Å². The van der Waals surface area contributed by atoms with Crippen LogP contribution in [0.25, 0.3) is 0 Å². The summed E-state index contributed by atoms with van der Waals surface area (Å²) in [6.07, 6.45) is 1.20. The van der Waals surface area contributed by atoms with Crippen molar-refractivity contribution >= 4 is 17.4 Å². The maximum absolute atomic E-state index is 13.6. The Labute approximate surface area is 124 Å². The summed E-state index contributed by atoms with van der Waals surface area (Å²) in [6.45, 7) is 2.49. The lowest BCUT2D eigenvalue weighted by Gasteiger charge is -2.07. The van der Waals surface area contributed by atoms with E-state index in [9.17, 15) is 18.4 Å². The second-order valence-electron chi connectivity index (χ2n) is 4.41. The fourth-order valence-electron chi connectivity index (χ4n) is 1.82. The first-order chi connectivity index (χ1) is 10.5. The van der Waals surface area contributed by atoms with Gasteiger partial charge < -0.3 is 10.6 Å². The van der Waals surface area contributed by atoms with Gasteiger partial charge in [-0.3, -0.25) is 14.7 Å². The second-order valence-corrected chi connectivity index (χ2v) is 4.41. The van der Waals surface area contributed by atoms with Crippen molar-refractivity contribution in [3.8, 4) is 0 Å². The van der Waals surface area contributed by atoms with Crippen LogP contribution in [0.1, 0.15) is 27.8 Å². The van der Waals surface area contributed by atoms with E-state index in [1.807, 2.05) is 6.92 Å². The van der Waals surface area contributed by atoms with Crippen LogP contribution in [-0.4, -0.2) is 35.0 Å². The average Bonchev–Trinajstić information content (AvgIpc) is 2.92. The van der Waals surface area contributed by atoms with Gasteiger partial charge in [-0.2, -0.15) is 5.10 Å². The fourth-order valence-corrected chi connectivity index (χ4v) is 1.82. The number of likely N-dealkylation sites (N-methyl/N-ethyl adjacent to an activating group) is 1. The zero-order valence-corrected chi connectivity index (χ0v) is 11.7. The number of nitrogens with zero attached hydrogens (tertiary/aromatic N) is 1. The Hall–Kier alpha value is -2.61. The van der Waals surface area contributed by atoms with Gasteiger partial charge in [0.1, 0.15) is 22.9 Å². The highest BCUT2D eigenvalue weighted by Gasteiger charge is 2.20. The standard InChI is InChI=1S/C14H14F2N4O2/c1-2-17-7-11(21)13-10(6-18-20-13)19-14(22)12-8(15)4-3-5-9(12)16/h3-6,17H,2,7H2,1H3,(H,18,20)(H,19,22). The van der Waals surface area contributed by atoms with E-state index in [1.165, 1.54) is 6.20 Å². The Bertz CT molecular complexity index is 680. The number of carbonyl (C=O) groups excluding carboxylic acids is 2. The molecule has 0 fully saturated rings. The van der Waals surface area contributed by atoms with Gasteiger partial charge in [0.15, 0.2) is 5.78 Å². The Balaban J connectivity index is 2.20. The average molecular weight is 308 g/mol. The number of rotatable bonds is 6. The smallest absolute Gasteiger partial charge is 0.261 e. The van der Waals surface area contributed by atoms with E-state index < -0.39 is 23.1 Å². The topological polar surface area (TPSA) is 86.9 Å². The number of Topliss-reactive ketones (excluding diaryl/α,β-unsaturated/α-hetero) is 1. The zero-order chi connectivity index (χ0) is 16.1. The summed E-state index contributed by atoms with van der Waals surface area (Å²) in [6, 6.07) is 3.11. The van der Waals surface area contributed by atoms with E-state index in [4.69, 9.17) is 0 Å². The molecule has 0 aliphatic rings. The number of aromatic amines is 1. The third-order valence-electron chi connectivity index (χ3n) is 2.89. The van der Waals surface area contributed by atoms with Crippen molar-refractivity contribution in [1.29, 1.82) is 0 Å². The van der Waals surface area contributed by atoms with Crippen LogP contribution in [0.5, 0.6) is 0 Å². The molecule has 0 radical (unpaired) electrons. The molecule has 0 aliphatic carbocycles. The highest BCUT2D eigenvalue weighted by Crippen LogP contribution is 2.17. The second kappa shape index (κ2) is 6.90. The summed E-state index contributed by atoms with van der Waals surface area (Å²) in [5.41, 5.74) is -0.588. The first kappa shape index (κ1) is 15.8. The van der Waals surface area contributed by atoms with Crippen LogP contribution in [0, 0.1) is 11.6 Å². The van der Waals surface area contributed by atoms with Gasteiger partial charge in [-0.1, -0.05) is 13.0 Å². The fraction of sp³-hybridized carbons (Fsp3) is 0.214. The van der Waals surface area contributed by atoms with Gasteiger partial charge in [-0.15, -0.1) is 0 Å². The Kier molecular flexibility index (Phi) is 4.95. The Morgan fingerprint density at radius 2 is 1.95 bits per heavy atom. The summed E-state index contributed by atoms with van der Waals surface area (Å²) in [7, 11) is 0. The van der Waals surface area contributed by atoms with Crippen molar-refractivity contribution in [2.24, 2.45) is 0 Å². The molecule has 22 heavy (non-hydrogen) atoms. The predicted octanol–water partition coefficient (Wildman–Crippen LogP) is 1.73. The summed E-state index contributed by atoms with van der Waals surface area (Å²) < 4.78 is 27.1. The van der Waals surface area contributed by atoms with E-state index >= 15 is 0 Å². The molecule has 3 N–H and O–H groups in total. The molecule has 0 spiro atoms. The van der Waals surface area contributed by atoms with Crippen LogP contribution in [0.4, 0.5) is 14.5 Å². The molecule has 1 aromatic carbocycles. The molecule has 8 heteroatoms. The molecular weight excluding hydrogens is 294 g/mol. The molecule has 0 unspecified atom stereocenters. The van der Waals surface area contributed by atoms with Crippen LogP contribution >= 0.6 is 0 Å². The third kappa shape index (κ3) is 3.34. The molecule has 116 valence electrons. The lowest BCUT2D eigenvalue weighted by Crippen LogP contribution is -2.24. The van der Waals surface area contributed by atoms with E-state index in [-0.39, 0.29) is 23.7 Å². The highest BCUT2D eigenvalue weighted by molar-refractivity contribution is 6.09. The lowest BCUT2D eigenvalue weighted by atomic mass is 10.1. The Morgan fingerprint density at radius 3 is 2.59 bits per heavy atom. The Morgan fingerprint density at radius 1 is 1.27 bits per heavy atom. The number of anilines is 1. The van der Waals surface area contributed by atoms with Crippen LogP contribution < -0.4 is 10.6 Å². The molecule has 0 saturated heterocycles. The number of hydrogen-bond donors (Lipinski definition) is 3. The maximum atomic E-state index is 13.6. The largest absolute Gasteiger partial charge is 0.318 e. The number of halogens is 2. The van der Waals surface area contributed by atoms with Crippen molar-refractivity contribution in [2.75, 3.05) is 18.4 Å². The van der Waals surface area contributed by atoms with Crippen LogP contribution in [0.2, 0.25) is 0 Å². The molecule has 0 aliphatic heterocycles. The van der Waals surface area contributed by atoms with Gasteiger partial charge in [0.2, 0.25) is 0 Å². The number of nitrogens with one attached hydrogen (secondary N) is 3. The summed E-state index contributed by atoms with van der Waals surface area (Å²) >= 11 is 0. The first-order valence-electron chi connectivity index (χ1n) is 6.57. The number of hydrogen-bond acceptors (Lipinski definition) is 4. The van der Waals surface area contributed by atoms with Crippen LogP contribution in [0.15, 0.2) is 24.4 Å². The third-order valence-corrected chi connectivity index (χ3v) is 2.89. The van der Waals surface area contributed by atoms with Crippen molar-refractivity contribution < 1.29 is 18.4 Å². The highest BCUT2D eigenvalue weighted by atomic mass is 19.1. The number of carbonyl (C=O) groups is 2. The minimum Gasteiger partial charge on any atom is -0.318 e. The van der Waals surface area contributed by atoms with Crippen molar-refractivity contribution in [2.45, 2.75) is 6.92 Å². The van der Waals surface area contributed by atoms with E-state index in [1.54, 1.807) is 0 Å². The number of benzene rings is 1. The number of H-pyrrole nitrogens is 1. The molecular formula is C14H14F2N4O2. The molecule has 1 amide bonds. The molecule has 2 rings (SSSR count). The number of amides is 1. The summed E-state index contributed by atoms with van der Waals surface area (Å²) in [5.74, 6) is -3.29. The normalized spacial score (nSPS) is 10.5. The zero-order valence-electron chi connectivity index (χ0n) is 11.7. The molecule has 6 nitrogen and oxygen atoms in total. The predicted molar refractivity (Wildman–Crippen MR) is 75.8 cm³/mol. The van der Waals surface area contributed by atoms with Crippen LogP contribution in [0.3, 0.4) is 0 Å². The van der Waals surface area contributed by atoms with Gasteiger partial charge >= 0.3 is 0 Å². The van der Waals surface area contributed by atoms with E-state index in [2.05, 4.69) is 20.8 Å². The first-order valence-corrected chi connectivity index (χ1v) is 6.57. The van der Waals surface area contributed by atoms with Crippen molar-refractivity contribution in [3.05, 3.63) is 47.3 Å². The molecule has 0 saturated carbocycles. The molecule has 1 heterocycles. The van der Waals surface area contributed by atoms with E-state index in [0.29, 0.717) is 6.54 Å². The van der Waals surface area contributed by atoms with Crippen molar-refractivity contribution in [3.63, 3.8) is 0 Å². The molecule has 0 bridgehead atoms. The number of ketones is 1. The van der Waals surface area contributed by atoms with Gasteiger partial charge in [-0.25, -0.2) is 8.78 Å². The maximum Gasteiger partial charge on any atom is 0.261 e. The summed E-state index contributed by atoms with van der Waals surface area (Å²) in [4.78, 5) is 23.9. The van der Waals surface area contributed by atoms with Crippen molar-refractivity contribution in [1.82, 2.24) is 15.5 Å². The minimum absolute atomic E-state index is 0.0512. The molecule has 0 atom stereocenters. The number of aromatic nitrogens is 2. The minimum atomic E-state index is -0.991. The van der Waals surface area contributed by atoms with E-state index in [0.717, 1.165) is 18.2 Å². The summed E-state index contributed by atoms with van der Waals surface area (Å²) in [5, 5.41) is 11.2. The van der Waals surface area contributed by atoms with Crippen LogP contribution in [-0.2, 0) is 0 Å². The van der Waals surface area contributed by atoms with Gasteiger partial charge in [-0.05, 0) is 18.7 Å². The quantitative estimate of drug-likeness (QED) is 0.709. The van der Waals surface area contributed by atoms with Gasteiger partial charge in [0.25, 0.3) is 5.91 Å². The monoisotopic (exact) mass is 308 g/mol. The lowest BCUT2D eigenvalue weighted by molar-refractivity contribution is 0.0988. The van der Waals surface area contributed by atoms with Gasteiger partial charge in [0, 0.05) is 0 Å².